The molecule has 0 spiro atoms. The molecule has 2 aromatic carbocycles. The molecule has 0 unspecified atom stereocenters. The maximum atomic E-state index is 13.6. The zero-order valence-electron chi connectivity index (χ0n) is 19.4. The number of halogens is 3. The van der Waals surface area contributed by atoms with Crippen molar-refractivity contribution in [3.05, 3.63) is 70.2 Å². The molecule has 0 aliphatic heterocycles. The Kier molecular flexibility index (Phi) is 7.66. The molecule has 0 bridgehead atoms. The first-order valence-electron chi connectivity index (χ1n) is 11.7. The summed E-state index contributed by atoms with van der Waals surface area (Å²) in [5.41, 5.74) is 0.285. The van der Waals surface area contributed by atoms with E-state index in [0.717, 1.165) is 24.5 Å². The Morgan fingerprint density at radius 3 is 2.47 bits per heavy atom. The number of benzene rings is 2. The largest absolute Gasteiger partial charge is 0.465 e. The highest BCUT2D eigenvalue weighted by molar-refractivity contribution is 5.66. The molecule has 36 heavy (non-hydrogen) atoms. The van der Waals surface area contributed by atoms with Crippen molar-refractivity contribution >= 4 is 11.8 Å². The highest BCUT2D eigenvalue weighted by Gasteiger charge is 2.35. The van der Waals surface area contributed by atoms with Gasteiger partial charge in [-0.2, -0.15) is 13.2 Å². The topological polar surface area (TPSA) is 111 Å². The van der Waals surface area contributed by atoms with Gasteiger partial charge in [0.15, 0.2) is 0 Å². The van der Waals surface area contributed by atoms with E-state index in [1.165, 1.54) is 17.0 Å². The van der Waals surface area contributed by atoms with Crippen molar-refractivity contribution in [2.24, 2.45) is 5.92 Å². The lowest BCUT2D eigenvalue weighted by atomic mass is 9.84. The van der Waals surface area contributed by atoms with Crippen LogP contribution in [0.25, 0.3) is 11.5 Å². The number of anilines is 1. The number of hydrogen-bond acceptors (Lipinski definition) is 5. The molecule has 1 aromatic heterocycles. The third-order valence-electron chi connectivity index (χ3n) is 6.51. The molecule has 0 atom stereocenters. The van der Waals surface area contributed by atoms with Crippen molar-refractivity contribution < 1.29 is 27.5 Å². The fraction of sp³-hybridized carbons (Fsp3) is 0.400. The summed E-state index contributed by atoms with van der Waals surface area (Å²) in [4.78, 5) is 24.3. The van der Waals surface area contributed by atoms with E-state index < -0.39 is 23.6 Å². The summed E-state index contributed by atoms with van der Waals surface area (Å²) < 4.78 is 45.7. The fourth-order valence-electron chi connectivity index (χ4n) is 4.60. The smallest absolute Gasteiger partial charge is 0.434 e. The van der Waals surface area contributed by atoms with Crippen LogP contribution in [0.4, 0.5) is 23.7 Å². The molecule has 1 amide bonds. The first-order valence-corrected chi connectivity index (χ1v) is 11.7. The summed E-state index contributed by atoms with van der Waals surface area (Å²) >= 11 is 0. The SMILES string of the molecule is O=C(O)N(CCC1CCC(Nc2cc(-c3n[nH]c(=O)o3)ccc2C(F)(F)F)CC1)Cc1ccccc1. The van der Waals surface area contributed by atoms with E-state index >= 15 is 0 Å². The van der Waals surface area contributed by atoms with E-state index in [-0.39, 0.29) is 23.2 Å². The third kappa shape index (κ3) is 6.46. The van der Waals surface area contributed by atoms with Gasteiger partial charge in [-0.25, -0.2) is 14.7 Å². The average Bonchev–Trinajstić information content (AvgIpc) is 3.28. The van der Waals surface area contributed by atoms with Gasteiger partial charge in [0, 0.05) is 30.4 Å². The van der Waals surface area contributed by atoms with Gasteiger partial charge in [0.05, 0.1) is 5.56 Å². The van der Waals surface area contributed by atoms with Crippen LogP contribution in [0.3, 0.4) is 0 Å². The van der Waals surface area contributed by atoms with Gasteiger partial charge in [-0.3, -0.25) is 0 Å². The molecule has 3 N–H and O–H groups in total. The van der Waals surface area contributed by atoms with Crippen molar-refractivity contribution in [2.75, 3.05) is 11.9 Å². The van der Waals surface area contributed by atoms with E-state index in [4.69, 9.17) is 4.42 Å². The number of nitrogens with zero attached hydrogens (tertiary/aromatic N) is 2. The van der Waals surface area contributed by atoms with Gasteiger partial charge in [0.2, 0.25) is 5.89 Å². The second kappa shape index (κ2) is 10.9. The Bertz CT molecular complexity index is 1220. The number of rotatable bonds is 8. The minimum atomic E-state index is -4.55. The summed E-state index contributed by atoms with van der Waals surface area (Å²) in [6, 6.07) is 12.7. The molecule has 1 heterocycles. The molecule has 192 valence electrons. The van der Waals surface area contributed by atoms with Gasteiger partial charge < -0.3 is 19.7 Å². The number of H-pyrrole nitrogens is 1. The monoisotopic (exact) mass is 504 g/mol. The van der Waals surface area contributed by atoms with Gasteiger partial charge in [-0.05, 0) is 61.8 Å². The molecule has 0 saturated heterocycles. The summed E-state index contributed by atoms with van der Waals surface area (Å²) in [5, 5.41) is 18.4. The number of amides is 1. The fourth-order valence-corrected chi connectivity index (χ4v) is 4.60. The second-order valence-electron chi connectivity index (χ2n) is 9.02. The van der Waals surface area contributed by atoms with Crippen LogP contribution in [0, 0.1) is 5.92 Å². The van der Waals surface area contributed by atoms with Crippen LogP contribution in [0.2, 0.25) is 0 Å². The Morgan fingerprint density at radius 2 is 1.86 bits per heavy atom. The average molecular weight is 505 g/mol. The Morgan fingerprint density at radius 1 is 1.14 bits per heavy atom. The molecule has 1 fully saturated rings. The maximum Gasteiger partial charge on any atom is 0.434 e. The molecule has 4 rings (SSSR count). The van der Waals surface area contributed by atoms with Crippen LogP contribution >= 0.6 is 0 Å². The van der Waals surface area contributed by atoms with Crippen LogP contribution in [-0.2, 0) is 12.7 Å². The highest BCUT2D eigenvalue weighted by atomic mass is 19.4. The Balaban J connectivity index is 1.36. The molecule has 1 aliphatic carbocycles. The standard InChI is InChI=1S/C25H27F3N4O4/c26-25(27,28)20-11-8-18(22-30-31-23(33)36-22)14-21(20)29-19-9-6-16(7-10-19)12-13-32(24(34)35)15-17-4-2-1-3-5-17/h1-5,8,11,14,16,19,29H,6-7,9-10,12-13,15H2,(H,31,33)(H,34,35). The summed E-state index contributed by atoms with van der Waals surface area (Å²) in [6.45, 7) is 0.724. The number of alkyl halides is 3. The number of aromatic nitrogens is 2. The van der Waals surface area contributed by atoms with Crippen molar-refractivity contribution in [3.8, 4) is 11.5 Å². The van der Waals surface area contributed by atoms with E-state index in [1.807, 2.05) is 30.3 Å². The predicted molar refractivity (Wildman–Crippen MR) is 126 cm³/mol. The third-order valence-corrected chi connectivity index (χ3v) is 6.51. The molecular formula is C25H27F3N4O4. The zero-order chi connectivity index (χ0) is 25.7. The number of aromatic amines is 1. The minimum Gasteiger partial charge on any atom is -0.465 e. The molecule has 11 heteroatoms. The maximum absolute atomic E-state index is 13.6. The van der Waals surface area contributed by atoms with Gasteiger partial charge in [-0.15, -0.1) is 5.10 Å². The van der Waals surface area contributed by atoms with Gasteiger partial charge in [0.1, 0.15) is 0 Å². The number of nitrogens with one attached hydrogen (secondary N) is 2. The molecule has 3 aromatic rings. The van der Waals surface area contributed by atoms with E-state index in [1.54, 1.807) is 0 Å². The normalized spacial score (nSPS) is 18.1. The number of carbonyl (C=O) groups is 1. The lowest BCUT2D eigenvalue weighted by molar-refractivity contribution is -0.137. The number of hydrogen-bond donors (Lipinski definition) is 3. The van der Waals surface area contributed by atoms with Crippen LogP contribution < -0.4 is 11.1 Å². The summed E-state index contributed by atoms with van der Waals surface area (Å²) in [6.07, 6.45) is -1.93. The van der Waals surface area contributed by atoms with Crippen molar-refractivity contribution in [1.82, 2.24) is 15.1 Å². The van der Waals surface area contributed by atoms with Crippen molar-refractivity contribution in [2.45, 2.75) is 50.9 Å². The zero-order valence-corrected chi connectivity index (χ0v) is 19.4. The van der Waals surface area contributed by atoms with Gasteiger partial charge >= 0.3 is 18.0 Å². The first-order chi connectivity index (χ1) is 17.2. The Labute approximate surface area is 205 Å². The molecule has 8 nitrogen and oxygen atoms in total. The van der Waals surface area contributed by atoms with Crippen molar-refractivity contribution in [3.63, 3.8) is 0 Å². The molecule has 1 saturated carbocycles. The first kappa shape index (κ1) is 25.3. The summed E-state index contributed by atoms with van der Waals surface area (Å²) in [7, 11) is 0. The van der Waals surface area contributed by atoms with E-state index in [2.05, 4.69) is 15.5 Å². The van der Waals surface area contributed by atoms with Gasteiger partial charge in [-0.1, -0.05) is 30.3 Å². The lowest BCUT2D eigenvalue weighted by Gasteiger charge is -2.31. The van der Waals surface area contributed by atoms with E-state index in [0.29, 0.717) is 38.3 Å². The van der Waals surface area contributed by atoms with Gasteiger partial charge in [0.25, 0.3) is 0 Å². The Hall–Kier alpha value is -3.76. The van der Waals surface area contributed by atoms with Crippen molar-refractivity contribution in [1.29, 1.82) is 0 Å². The van der Waals surface area contributed by atoms with Crippen LogP contribution in [0.15, 0.2) is 57.7 Å². The predicted octanol–water partition coefficient (Wildman–Crippen LogP) is 5.59. The van der Waals surface area contributed by atoms with Crippen LogP contribution in [-0.4, -0.2) is 38.9 Å². The lowest BCUT2D eigenvalue weighted by Crippen LogP contribution is -2.33. The van der Waals surface area contributed by atoms with E-state index in [9.17, 15) is 27.9 Å². The molecular weight excluding hydrogens is 477 g/mol. The summed E-state index contributed by atoms with van der Waals surface area (Å²) in [5.74, 6) is -0.575. The highest BCUT2D eigenvalue weighted by Crippen LogP contribution is 2.38. The quantitative estimate of drug-likeness (QED) is 0.369. The van der Waals surface area contributed by atoms with Crippen LogP contribution in [0.1, 0.15) is 43.2 Å². The number of carboxylic acid groups (broad SMARTS) is 1. The minimum absolute atomic E-state index is 0.0843. The second-order valence-corrected chi connectivity index (χ2v) is 9.02. The molecule has 1 aliphatic rings. The molecule has 0 radical (unpaired) electrons. The van der Waals surface area contributed by atoms with Crippen LogP contribution in [0.5, 0.6) is 0 Å².